The number of nitrogens with one attached hydrogen (secondary N) is 1. The van der Waals surface area contributed by atoms with Crippen molar-refractivity contribution in [2.24, 2.45) is 0 Å². The van der Waals surface area contributed by atoms with Crippen LogP contribution in [0.1, 0.15) is 24.9 Å². The van der Waals surface area contributed by atoms with Gasteiger partial charge in [-0.25, -0.2) is 9.55 Å². The van der Waals surface area contributed by atoms with E-state index in [1.54, 1.807) is 0 Å². The van der Waals surface area contributed by atoms with Crippen LogP contribution in [-0.2, 0) is 13.0 Å². The standard InChI is InChI=1S/C9H13N3/c1-3-9-11-8(2)7-12(9)6-4-5-10/h7H,3-4,6H2,1-2H3/p+1. The molecule has 3 nitrogen and oxygen atoms in total. The molecule has 0 aliphatic heterocycles. The highest BCUT2D eigenvalue weighted by Crippen LogP contribution is 1.94. The lowest BCUT2D eigenvalue weighted by atomic mass is 10.4. The maximum absolute atomic E-state index is 8.42. The molecule has 0 saturated carbocycles. The molecule has 0 saturated heterocycles. The first kappa shape index (κ1) is 8.79. The third-order valence-electron chi connectivity index (χ3n) is 1.84. The van der Waals surface area contributed by atoms with E-state index in [1.165, 1.54) is 5.82 Å². The van der Waals surface area contributed by atoms with Crippen LogP contribution < -0.4 is 4.57 Å². The molecule has 0 atom stereocenters. The van der Waals surface area contributed by atoms with E-state index in [0.29, 0.717) is 6.42 Å². The van der Waals surface area contributed by atoms with Crippen molar-refractivity contribution in [3.05, 3.63) is 17.7 Å². The van der Waals surface area contributed by atoms with Crippen molar-refractivity contribution in [1.82, 2.24) is 4.98 Å². The molecule has 1 rings (SSSR count). The van der Waals surface area contributed by atoms with E-state index in [2.05, 4.69) is 28.7 Å². The quantitative estimate of drug-likeness (QED) is 0.668. The minimum atomic E-state index is 0.578. The largest absolute Gasteiger partial charge is 0.254 e. The fraction of sp³-hybridized carbons (Fsp3) is 0.556. The zero-order valence-electron chi connectivity index (χ0n) is 7.59. The smallest absolute Gasteiger partial charge is 0.245 e. The number of H-pyrrole nitrogens is 1. The van der Waals surface area contributed by atoms with E-state index in [4.69, 9.17) is 5.26 Å². The van der Waals surface area contributed by atoms with Gasteiger partial charge in [-0.3, -0.25) is 0 Å². The highest BCUT2D eigenvalue weighted by atomic mass is 15.1. The molecule has 0 aliphatic rings. The first-order chi connectivity index (χ1) is 5.77. The van der Waals surface area contributed by atoms with Gasteiger partial charge in [0.15, 0.2) is 0 Å². The van der Waals surface area contributed by atoms with Crippen LogP contribution in [-0.4, -0.2) is 4.98 Å². The molecule has 0 aromatic carbocycles. The second kappa shape index (κ2) is 3.91. The molecule has 0 radical (unpaired) electrons. The summed E-state index contributed by atoms with van der Waals surface area (Å²) in [6.07, 6.45) is 3.62. The summed E-state index contributed by atoms with van der Waals surface area (Å²) in [6, 6.07) is 2.14. The highest BCUT2D eigenvalue weighted by molar-refractivity contribution is 4.90. The lowest BCUT2D eigenvalue weighted by molar-refractivity contribution is -0.701. The summed E-state index contributed by atoms with van der Waals surface area (Å²) >= 11 is 0. The monoisotopic (exact) mass is 164 g/mol. The molecule has 1 aromatic heterocycles. The van der Waals surface area contributed by atoms with Crippen molar-refractivity contribution in [3.63, 3.8) is 0 Å². The van der Waals surface area contributed by atoms with E-state index in [0.717, 1.165) is 18.7 Å². The molecule has 64 valence electrons. The van der Waals surface area contributed by atoms with Crippen LogP contribution >= 0.6 is 0 Å². The summed E-state index contributed by atoms with van der Waals surface area (Å²) in [6.45, 7) is 4.93. The first-order valence-electron chi connectivity index (χ1n) is 4.22. The molecule has 1 N–H and O–H groups in total. The van der Waals surface area contributed by atoms with Gasteiger partial charge in [-0.1, -0.05) is 6.92 Å². The van der Waals surface area contributed by atoms with E-state index in [9.17, 15) is 0 Å². The topological polar surface area (TPSA) is 43.5 Å². The molecule has 0 fully saturated rings. The maximum Gasteiger partial charge on any atom is 0.254 e. The van der Waals surface area contributed by atoms with Gasteiger partial charge in [0.05, 0.1) is 12.5 Å². The maximum atomic E-state index is 8.42. The fourth-order valence-electron chi connectivity index (χ4n) is 1.30. The Hall–Kier alpha value is -1.30. The predicted molar refractivity (Wildman–Crippen MR) is 45.3 cm³/mol. The van der Waals surface area contributed by atoms with Crippen LogP contribution in [0.2, 0.25) is 0 Å². The minimum Gasteiger partial charge on any atom is -0.245 e. The van der Waals surface area contributed by atoms with Crippen LogP contribution in [0, 0.1) is 18.3 Å². The lowest BCUT2D eigenvalue weighted by Crippen LogP contribution is -2.35. The SMILES string of the molecule is CCc1[nH]c(C)c[n+]1CCC#N. The molecule has 3 heteroatoms. The molecule has 0 unspecified atom stereocenters. The van der Waals surface area contributed by atoms with E-state index >= 15 is 0 Å². The normalized spacial score (nSPS) is 9.75. The van der Waals surface area contributed by atoms with Crippen LogP contribution in [0.4, 0.5) is 0 Å². The van der Waals surface area contributed by atoms with Crippen molar-refractivity contribution in [2.75, 3.05) is 0 Å². The van der Waals surface area contributed by atoms with Gasteiger partial charge in [-0.2, -0.15) is 5.26 Å². The second-order valence-electron chi connectivity index (χ2n) is 2.84. The molecular formula is C9H14N3+. The zero-order valence-corrected chi connectivity index (χ0v) is 7.59. The van der Waals surface area contributed by atoms with Gasteiger partial charge < -0.3 is 0 Å². The number of hydrogen-bond acceptors (Lipinski definition) is 1. The third-order valence-corrected chi connectivity index (χ3v) is 1.84. The van der Waals surface area contributed by atoms with Crippen molar-refractivity contribution in [2.45, 2.75) is 33.2 Å². The van der Waals surface area contributed by atoms with Gasteiger partial charge in [-0.15, -0.1) is 0 Å². The van der Waals surface area contributed by atoms with Gasteiger partial charge in [0, 0.05) is 13.3 Å². The van der Waals surface area contributed by atoms with Crippen LogP contribution in [0.5, 0.6) is 0 Å². The molecule has 0 bridgehead atoms. The van der Waals surface area contributed by atoms with Gasteiger partial charge in [-0.05, 0) is 0 Å². The number of aromatic amines is 1. The van der Waals surface area contributed by atoms with E-state index < -0.39 is 0 Å². The molecule has 1 aromatic rings. The number of aromatic nitrogens is 2. The number of imidazole rings is 1. The van der Waals surface area contributed by atoms with E-state index in [-0.39, 0.29) is 0 Å². The van der Waals surface area contributed by atoms with Crippen molar-refractivity contribution in [3.8, 4) is 6.07 Å². The number of nitrogens with zero attached hydrogens (tertiary/aromatic N) is 2. The average Bonchev–Trinajstić information content (AvgIpc) is 2.42. The molecular weight excluding hydrogens is 150 g/mol. The second-order valence-corrected chi connectivity index (χ2v) is 2.84. The Balaban J connectivity index is 2.76. The van der Waals surface area contributed by atoms with Crippen LogP contribution in [0.3, 0.4) is 0 Å². The van der Waals surface area contributed by atoms with Crippen LogP contribution in [0.25, 0.3) is 0 Å². The third kappa shape index (κ3) is 1.85. The summed E-state index contributed by atoms with van der Waals surface area (Å²) in [7, 11) is 0. The highest BCUT2D eigenvalue weighted by Gasteiger charge is 2.09. The number of rotatable bonds is 3. The minimum absolute atomic E-state index is 0.578. The average molecular weight is 164 g/mol. The van der Waals surface area contributed by atoms with Gasteiger partial charge in [0.1, 0.15) is 18.4 Å². The summed E-state index contributed by atoms with van der Waals surface area (Å²) in [5.41, 5.74) is 1.16. The lowest BCUT2D eigenvalue weighted by Gasteiger charge is -1.92. The van der Waals surface area contributed by atoms with Gasteiger partial charge in [0.2, 0.25) is 0 Å². The Morgan fingerprint density at radius 1 is 1.67 bits per heavy atom. The molecule has 0 aliphatic carbocycles. The van der Waals surface area contributed by atoms with Crippen LogP contribution in [0.15, 0.2) is 6.20 Å². The number of aryl methyl sites for hydroxylation is 3. The summed E-state index contributed by atoms with van der Waals surface area (Å²) in [5.74, 6) is 1.20. The Bertz CT molecular complexity index is 293. The Kier molecular flexibility index (Phi) is 2.87. The number of hydrogen-bond donors (Lipinski definition) is 1. The van der Waals surface area contributed by atoms with Crippen molar-refractivity contribution < 1.29 is 4.57 Å². The molecule has 12 heavy (non-hydrogen) atoms. The molecule has 0 spiro atoms. The van der Waals surface area contributed by atoms with Crippen molar-refractivity contribution >= 4 is 0 Å². The number of nitriles is 1. The summed E-state index contributed by atoms with van der Waals surface area (Å²) in [4.78, 5) is 3.26. The van der Waals surface area contributed by atoms with Crippen molar-refractivity contribution in [1.29, 1.82) is 5.26 Å². The fourth-order valence-corrected chi connectivity index (χ4v) is 1.30. The first-order valence-corrected chi connectivity index (χ1v) is 4.22. The summed E-state index contributed by atoms with van der Waals surface area (Å²) in [5, 5.41) is 8.42. The Morgan fingerprint density at radius 2 is 2.42 bits per heavy atom. The zero-order chi connectivity index (χ0) is 8.97. The predicted octanol–water partition coefficient (Wildman–Crippen LogP) is 1.09. The molecule has 0 amide bonds. The molecule has 1 heterocycles. The van der Waals surface area contributed by atoms with E-state index in [1.807, 2.05) is 6.92 Å². The van der Waals surface area contributed by atoms with Gasteiger partial charge >= 0.3 is 0 Å². The Morgan fingerprint density at radius 3 is 3.00 bits per heavy atom. The Labute approximate surface area is 72.7 Å². The summed E-state index contributed by atoms with van der Waals surface area (Å²) < 4.78 is 2.11. The van der Waals surface area contributed by atoms with Gasteiger partial charge in [0.25, 0.3) is 5.82 Å².